The fourth-order valence-corrected chi connectivity index (χ4v) is 3.17. The molecule has 0 heterocycles. The molecule has 0 aliphatic heterocycles. The molecule has 0 bridgehead atoms. The molecular weight excluding hydrogens is 446 g/mol. The lowest BCUT2D eigenvalue weighted by atomic mass is 10.1. The van der Waals surface area contributed by atoms with Crippen LogP contribution in [-0.4, -0.2) is 39.1 Å². The number of rotatable bonds is 12. The maximum absolute atomic E-state index is 11.5. The van der Waals surface area contributed by atoms with Crippen LogP contribution in [0.1, 0.15) is 23.6 Å². The lowest BCUT2D eigenvalue weighted by Crippen LogP contribution is -2.13. The maximum Gasteiger partial charge on any atom is 0.330 e. The first kappa shape index (κ1) is 25.4. The molecule has 3 aromatic rings. The first-order valence-electron chi connectivity index (χ1n) is 11.2. The van der Waals surface area contributed by atoms with Gasteiger partial charge in [0, 0.05) is 23.3 Å². The van der Waals surface area contributed by atoms with Gasteiger partial charge in [0.05, 0.1) is 13.7 Å². The summed E-state index contributed by atoms with van der Waals surface area (Å²) in [5.41, 5.74) is 3.38. The van der Waals surface area contributed by atoms with Crippen LogP contribution in [-0.2, 0) is 21.0 Å². The number of hydrogen-bond donors (Lipinski definition) is 0. The Morgan fingerprint density at radius 2 is 1.66 bits per heavy atom. The van der Waals surface area contributed by atoms with Crippen LogP contribution in [0.5, 0.6) is 17.2 Å². The molecule has 3 rings (SSSR count). The van der Waals surface area contributed by atoms with Crippen molar-refractivity contribution in [2.45, 2.75) is 13.5 Å². The van der Waals surface area contributed by atoms with E-state index in [0.717, 1.165) is 16.7 Å². The number of hydrogen-bond acceptors (Lipinski definition) is 7. The number of benzene rings is 3. The van der Waals surface area contributed by atoms with Gasteiger partial charge in [-0.2, -0.15) is 0 Å². The summed E-state index contributed by atoms with van der Waals surface area (Å²) in [6, 6.07) is 22.8. The van der Waals surface area contributed by atoms with Crippen LogP contribution >= 0.6 is 0 Å². The fraction of sp³-hybridized carbons (Fsp3) is 0.214. The van der Waals surface area contributed by atoms with Crippen molar-refractivity contribution in [3.8, 4) is 17.2 Å². The average molecular weight is 476 g/mol. The number of oxime groups is 1. The zero-order valence-corrected chi connectivity index (χ0v) is 20.1. The minimum atomic E-state index is -0.399. The van der Waals surface area contributed by atoms with E-state index < -0.39 is 5.97 Å². The van der Waals surface area contributed by atoms with Crippen molar-refractivity contribution < 1.29 is 28.6 Å². The second-order valence-electron chi connectivity index (χ2n) is 7.30. The number of carbonyl (C=O) groups excluding carboxylic acids is 1. The smallest absolute Gasteiger partial charge is 0.330 e. The minimum absolute atomic E-state index is 0.282. The van der Waals surface area contributed by atoms with Gasteiger partial charge < -0.3 is 23.8 Å². The normalized spacial score (nSPS) is 11.2. The first-order valence-corrected chi connectivity index (χ1v) is 11.2. The van der Waals surface area contributed by atoms with Gasteiger partial charge in [0.1, 0.15) is 43.3 Å². The Morgan fingerprint density at radius 3 is 2.34 bits per heavy atom. The van der Waals surface area contributed by atoms with Gasteiger partial charge in [-0.3, -0.25) is 0 Å². The molecule has 0 aliphatic carbocycles. The van der Waals surface area contributed by atoms with E-state index in [0.29, 0.717) is 36.2 Å². The van der Waals surface area contributed by atoms with Gasteiger partial charge in [0.25, 0.3) is 0 Å². The standard InChI is InChI=1S/C28H29NO6/c1-4-33-28(30)17-13-23-12-16-25(18-27(23)31-2)34-19-21-10-14-24(15-11-21)35-20-26(29-32-3)22-8-6-5-7-9-22/h5-18H,4,19-20H2,1-3H3/b17-13+,29-26+. The number of ether oxygens (including phenoxy) is 4. The van der Waals surface area contributed by atoms with Crippen LogP contribution in [0.15, 0.2) is 84.0 Å². The zero-order chi connectivity index (χ0) is 24.9. The summed E-state index contributed by atoms with van der Waals surface area (Å²) in [6.07, 6.45) is 3.02. The summed E-state index contributed by atoms with van der Waals surface area (Å²) in [6.45, 7) is 2.75. The Morgan fingerprint density at radius 1 is 0.914 bits per heavy atom. The van der Waals surface area contributed by atoms with Gasteiger partial charge in [-0.15, -0.1) is 0 Å². The molecule has 0 saturated carbocycles. The largest absolute Gasteiger partial charge is 0.496 e. The lowest BCUT2D eigenvalue weighted by Gasteiger charge is -2.11. The number of esters is 1. The van der Waals surface area contributed by atoms with Crippen molar-refractivity contribution in [3.63, 3.8) is 0 Å². The molecule has 0 unspecified atom stereocenters. The molecule has 0 amide bonds. The van der Waals surface area contributed by atoms with E-state index in [9.17, 15) is 4.79 Å². The Kier molecular flexibility index (Phi) is 9.75. The van der Waals surface area contributed by atoms with Gasteiger partial charge >= 0.3 is 5.97 Å². The fourth-order valence-electron chi connectivity index (χ4n) is 3.17. The van der Waals surface area contributed by atoms with Crippen molar-refractivity contribution in [2.75, 3.05) is 27.4 Å². The third-order valence-electron chi connectivity index (χ3n) is 4.90. The van der Waals surface area contributed by atoms with E-state index in [1.54, 1.807) is 26.2 Å². The second kappa shape index (κ2) is 13.4. The highest BCUT2D eigenvalue weighted by molar-refractivity contribution is 6.01. The Labute approximate surface area is 205 Å². The van der Waals surface area contributed by atoms with Crippen molar-refractivity contribution in [3.05, 3.63) is 95.6 Å². The van der Waals surface area contributed by atoms with Crippen LogP contribution in [0.3, 0.4) is 0 Å². The van der Waals surface area contributed by atoms with Crippen LogP contribution in [0, 0.1) is 0 Å². The highest BCUT2D eigenvalue weighted by atomic mass is 16.6. The Hall–Kier alpha value is -4.26. The number of nitrogens with zero attached hydrogens (tertiary/aromatic N) is 1. The van der Waals surface area contributed by atoms with E-state index in [-0.39, 0.29) is 6.61 Å². The second-order valence-corrected chi connectivity index (χ2v) is 7.30. The highest BCUT2D eigenvalue weighted by Gasteiger charge is 2.07. The molecule has 3 aromatic carbocycles. The predicted octanol–water partition coefficient (Wildman–Crippen LogP) is 5.28. The van der Waals surface area contributed by atoms with Crippen LogP contribution in [0.25, 0.3) is 6.08 Å². The van der Waals surface area contributed by atoms with E-state index in [1.807, 2.05) is 66.7 Å². The molecule has 0 aliphatic rings. The van der Waals surface area contributed by atoms with Crippen molar-refractivity contribution in [1.29, 1.82) is 0 Å². The SMILES string of the molecule is CCOC(=O)/C=C/c1ccc(OCc2ccc(OC/C(=N\OC)c3ccccc3)cc2)cc1OC. The molecule has 0 aromatic heterocycles. The monoisotopic (exact) mass is 475 g/mol. The topological polar surface area (TPSA) is 75.6 Å². The third-order valence-corrected chi connectivity index (χ3v) is 4.90. The molecule has 0 fully saturated rings. The molecule has 0 radical (unpaired) electrons. The molecule has 35 heavy (non-hydrogen) atoms. The Balaban J connectivity index is 1.56. The van der Waals surface area contributed by atoms with E-state index in [4.69, 9.17) is 23.8 Å². The molecule has 7 nitrogen and oxygen atoms in total. The molecule has 0 atom stereocenters. The summed E-state index contributed by atoms with van der Waals surface area (Å²) in [5, 5.41) is 4.07. The van der Waals surface area contributed by atoms with E-state index >= 15 is 0 Å². The number of methoxy groups -OCH3 is 1. The quantitative estimate of drug-likeness (QED) is 0.154. The molecule has 0 N–H and O–H groups in total. The number of carbonyl (C=O) groups is 1. The van der Waals surface area contributed by atoms with E-state index in [1.165, 1.54) is 13.2 Å². The maximum atomic E-state index is 11.5. The first-order chi connectivity index (χ1) is 17.1. The molecule has 182 valence electrons. The minimum Gasteiger partial charge on any atom is -0.496 e. The third kappa shape index (κ3) is 7.92. The summed E-state index contributed by atoms with van der Waals surface area (Å²) in [5.74, 6) is 1.56. The predicted molar refractivity (Wildman–Crippen MR) is 135 cm³/mol. The van der Waals surface area contributed by atoms with Crippen LogP contribution in [0.2, 0.25) is 0 Å². The van der Waals surface area contributed by atoms with E-state index in [2.05, 4.69) is 5.16 Å². The molecule has 0 saturated heterocycles. The van der Waals surface area contributed by atoms with Crippen molar-refractivity contribution in [1.82, 2.24) is 0 Å². The van der Waals surface area contributed by atoms with Gasteiger partial charge in [-0.05, 0) is 42.8 Å². The van der Waals surface area contributed by atoms with Crippen LogP contribution in [0.4, 0.5) is 0 Å². The molecule has 0 spiro atoms. The lowest BCUT2D eigenvalue weighted by molar-refractivity contribution is -0.137. The zero-order valence-electron chi connectivity index (χ0n) is 20.1. The summed E-state index contributed by atoms with van der Waals surface area (Å²) in [7, 11) is 3.08. The summed E-state index contributed by atoms with van der Waals surface area (Å²) in [4.78, 5) is 16.5. The summed E-state index contributed by atoms with van der Waals surface area (Å²) >= 11 is 0. The van der Waals surface area contributed by atoms with Gasteiger partial charge in [0.2, 0.25) is 0 Å². The van der Waals surface area contributed by atoms with Gasteiger partial charge in [0.15, 0.2) is 0 Å². The van der Waals surface area contributed by atoms with Crippen molar-refractivity contribution in [2.24, 2.45) is 5.16 Å². The molecular formula is C28H29NO6. The Bertz CT molecular complexity index is 1140. The highest BCUT2D eigenvalue weighted by Crippen LogP contribution is 2.26. The van der Waals surface area contributed by atoms with Gasteiger partial charge in [-0.25, -0.2) is 4.79 Å². The molecule has 7 heteroatoms. The summed E-state index contributed by atoms with van der Waals surface area (Å²) < 4.78 is 22.1. The average Bonchev–Trinajstić information content (AvgIpc) is 2.90. The van der Waals surface area contributed by atoms with Crippen LogP contribution < -0.4 is 14.2 Å². The van der Waals surface area contributed by atoms with Crippen molar-refractivity contribution >= 4 is 17.8 Å². The van der Waals surface area contributed by atoms with Gasteiger partial charge in [-0.1, -0.05) is 47.6 Å².